The number of benzene rings is 1. The Hall–Kier alpha value is -1.85. The molecule has 0 fully saturated rings. The van der Waals surface area contributed by atoms with Gasteiger partial charge in [-0.05, 0) is 31.2 Å². The van der Waals surface area contributed by atoms with E-state index < -0.39 is 4.92 Å². The second kappa shape index (κ2) is 5.86. The first kappa shape index (κ1) is 13.6. The molecular formula is C13H13ClN2O3. The van der Waals surface area contributed by atoms with Crippen molar-refractivity contribution in [2.75, 3.05) is 0 Å². The molecule has 19 heavy (non-hydrogen) atoms. The van der Waals surface area contributed by atoms with Gasteiger partial charge in [0.25, 0.3) is 5.69 Å². The fraction of sp³-hybridized carbons (Fsp3) is 0.231. The van der Waals surface area contributed by atoms with Crippen LogP contribution < -0.4 is 5.32 Å². The molecule has 0 unspecified atom stereocenters. The number of nitrogens with zero attached hydrogens (tertiary/aromatic N) is 1. The molecule has 1 atom stereocenters. The highest BCUT2D eigenvalue weighted by atomic mass is 35.5. The first-order chi connectivity index (χ1) is 9.08. The molecule has 1 N–H and O–H groups in total. The van der Waals surface area contributed by atoms with Crippen LogP contribution in [0.5, 0.6) is 0 Å². The number of furan rings is 1. The van der Waals surface area contributed by atoms with Gasteiger partial charge in [-0.1, -0.05) is 11.6 Å². The van der Waals surface area contributed by atoms with E-state index in [0.717, 1.165) is 5.76 Å². The highest BCUT2D eigenvalue weighted by Gasteiger charge is 2.15. The van der Waals surface area contributed by atoms with Gasteiger partial charge in [0, 0.05) is 23.2 Å². The first-order valence-corrected chi connectivity index (χ1v) is 6.15. The van der Waals surface area contributed by atoms with Gasteiger partial charge >= 0.3 is 0 Å². The maximum absolute atomic E-state index is 10.9. The molecule has 100 valence electrons. The summed E-state index contributed by atoms with van der Waals surface area (Å²) in [6.45, 7) is 2.27. The molecule has 0 radical (unpaired) electrons. The monoisotopic (exact) mass is 280 g/mol. The standard InChI is InChI=1S/C13H13ClN2O3/c1-9(13-3-2-6-19-13)15-8-10-7-11(14)4-5-12(10)16(17)18/h2-7,9,15H,8H2,1H3/t9-/m0/s1. The molecule has 2 rings (SSSR count). The van der Waals surface area contributed by atoms with Gasteiger partial charge < -0.3 is 9.73 Å². The second-order valence-electron chi connectivity index (χ2n) is 4.15. The van der Waals surface area contributed by atoms with E-state index in [-0.39, 0.29) is 11.7 Å². The molecule has 5 nitrogen and oxygen atoms in total. The van der Waals surface area contributed by atoms with Crippen LogP contribution in [-0.4, -0.2) is 4.92 Å². The fourth-order valence-electron chi connectivity index (χ4n) is 1.78. The lowest BCUT2D eigenvalue weighted by molar-refractivity contribution is -0.385. The third-order valence-electron chi connectivity index (χ3n) is 2.81. The summed E-state index contributed by atoms with van der Waals surface area (Å²) >= 11 is 5.87. The molecule has 0 spiro atoms. The van der Waals surface area contributed by atoms with Gasteiger partial charge in [-0.15, -0.1) is 0 Å². The zero-order valence-electron chi connectivity index (χ0n) is 10.3. The SMILES string of the molecule is C[C@H](NCc1cc(Cl)ccc1[N+](=O)[O-])c1ccco1. The number of nitro benzene ring substituents is 1. The Morgan fingerprint density at radius 3 is 2.89 bits per heavy atom. The van der Waals surface area contributed by atoms with Crippen molar-refractivity contribution in [2.45, 2.75) is 19.5 Å². The van der Waals surface area contributed by atoms with E-state index in [1.807, 2.05) is 13.0 Å². The molecule has 0 saturated heterocycles. The van der Waals surface area contributed by atoms with Crippen LogP contribution in [0.15, 0.2) is 41.0 Å². The van der Waals surface area contributed by atoms with Crippen molar-refractivity contribution in [2.24, 2.45) is 0 Å². The van der Waals surface area contributed by atoms with Gasteiger partial charge in [0.2, 0.25) is 0 Å². The Kier molecular flexibility index (Phi) is 4.19. The van der Waals surface area contributed by atoms with Crippen molar-refractivity contribution in [1.29, 1.82) is 0 Å². The van der Waals surface area contributed by atoms with E-state index in [4.69, 9.17) is 16.0 Å². The summed E-state index contributed by atoms with van der Waals surface area (Å²) in [5.74, 6) is 0.782. The van der Waals surface area contributed by atoms with Crippen LogP contribution in [0.1, 0.15) is 24.3 Å². The minimum absolute atomic E-state index is 0.0337. The van der Waals surface area contributed by atoms with Gasteiger partial charge in [-0.3, -0.25) is 10.1 Å². The highest BCUT2D eigenvalue weighted by molar-refractivity contribution is 6.30. The van der Waals surface area contributed by atoms with Gasteiger partial charge in [0.05, 0.1) is 17.2 Å². The van der Waals surface area contributed by atoms with Crippen molar-refractivity contribution in [3.05, 3.63) is 63.1 Å². The fourth-order valence-corrected chi connectivity index (χ4v) is 1.97. The molecule has 6 heteroatoms. The molecule has 0 aliphatic rings. The highest BCUT2D eigenvalue weighted by Crippen LogP contribution is 2.23. The van der Waals surface area contributed by atoms with Crippen LogP contribution in [0, 0.1) is 10.1 Å². The summed E-state index contributed by atoms with van der Waals surface area (Å²) in [4.78, 5) is 10.5. The van der Waals surface area contributed by atoms with Gasteiger partial charge in [-0.25, -0.2) is 0 Å². The predicted molar refractivity (Wildman–Crippen MR) is 72.1 cm³/mol. The first-order valence-electron chi connectivity index (χ1n) is 5.77. The van der Waals surface area contributed by atoms with Crippen LogP contribution in [0.3, 0.4) is 0 Å². The van der Waals surface area contributed by atoms with Crippen molar-refractivity contribution in [3.63, 3.8) is 0 Å². The van der Waals surface area contributed by atoms with Crippen molar-refractivity contribution in [1.82, 2.24) is 5.32 Å². The van der Waals surface area contributed by atoms with Crippen molar-refractivity contribution < 1.29 is 9.34 Å². The third kappa shape index (κ3) is 3.33. The zero-order valence-corrected chi connectivity index (χ0v) is 11.1. The topological polar surface area (TPSA) is 68.3 Å². The van der Waals surface area contributed by atoms with Gasteiger partial charge in [0.15, 0.2) is 0 Å². The largest absolute Gasteiger partial charge is 0.468 e. The van der Waals surface area contributed by atoms with Gasteiger partial charge in [-0.2, -0.15) is 0 Å². The lowest BCUT2D eigenvalue weighted by Gasteiger charge is -2.11. The summed E-state index contributed by atoms with van der Waals surface area (Å²) in [6.07, 6.45) is 1.59. The molecule has 0 aliphatic heterocycles. The summed E-state index contributed by atoms with van der Waals surface area (Å²) in [6, 6.07) is 8.14. The maximum Gasteiger partial charge on any atom is 0.273 e. The van der Waals surface area contributed by atoms with E-state index >= 15 is 0 Å². The lowest BCUT2D eigenvalue weighted by atomic mass is 10.1. The molecule has 1 heterocycles. The quantitative estimate of drug-likeness (QED) is 0.670. The van der Waals surface area contributed by atoms with Crippen molar-refractivity contribution >= 4 is 17.3 Å². The predicted octanol–water partition coefficient (Wildman–Crippen LogP) is 3.69. The number of hydrogen-bond acceptors (Lipinski definition) is 4. The van der Waals surface area contributed by atoms with E-state index in [1.165, 1.54) is 12.1 Å². The number of halogens is 1. The Labute approximate surface area is 115 Å². The van der Waals surface area contributed by atoms with Crippen LogP contribution >= 0.6 is 11.6 Å². The average molecular weight is 281 g/mol. The molecular weight excluding hydrogens is 268 g/mol. The second-order valence-corrected chi connectivity index (χ2v) is 4.58. The molecule has 0 amide bonds. The van der Waals surface area contributed by atoms with E-state index in [9.17, 15) is 10.1 Å². The minimum Gasteiger partial charge on any atom is -0.468 e. The zero-order chi connectivity index (χ0) is 13.8. The minimum atomic E-state index is -0.412. The molecule has 2 aromatic rings. The number of hydrogen-bond donors (Lipinski definition) is 1. The average Bonchev–Trinajstić information content (AvgIpc) is 2.89. The maximum atomic E-state index is 10.9. The van der Waals surface area contributed by atoms with Crippen LogP contribution in [-0.2, 0) is 6.54 Å². The molecule has 1 aromatic heterocycles. The number of nitrogens with one attached hydrogen (secondary N) is 1. The summed E-state index contributed by atoms with van der Waals surface area (Å²) in [5, 5.41) is 14.6. The van der Waals surface area contributed by atoms with Crippen LogP contribution in [0.25, 0.3) is 0 Å². The molecule has 0 bridgehead atoms. The van der Waals surface area contributed by atoms with Gasteiger partial charge in [0.1, 0.15) is 5.76 Å². The Balaban J connectivity index is 2.10. The summed E-state index contributed by atoms with van der Waals surface area (Å²) in [7, 11) is 0. The summed E-state index contributed by atoms with van der Waals surface area (Å²) in [5.41, 5.74) is 0.611. The molecule has 0 aliphatic carbocycles. The molecule has 0 saturated carbocycles. The normalized spacial score (nSPS) is 12.3. The van der Waals surface area contributed by atoms with Crippen LogP contribution in [0.4, 0.5) is 5.69 Å². The summed E-state index contributed by atoms with van der Waals surface area (Å²) < 4.78 is 5.26. The Morgan fingerprint density at radius 1 is 1.47 bits per heavy atom. The lowest BCUT2D eigenvalue weighted by Crippen LogP contribution is -2.18. The molecule has 1 aromatic carbocycles. The van der Waals surface area contributed by atoms with E-state index in [0.29, 0.717) is 17.1 Å². The smallest absolute Gasteiger partial charge is 0.273 e. The Bertz CT molecular complexity index is 569. The number of nitro groups is 1. The van der Waals surface area contributed by atoms with Crippen LogP contribution in [0.2, 0.25) is 5.02 Å². The van der Waals surface area contributed by atoms with E-state index in [1.54, 1.807) is 18.4 Å². The third-order valence-corrected chi connectivity index (χ3v) is 3.04. The van der Waals surface area contributed by atoms with Crippen molar-refractivity contribution in [3.8, 4) is 0 Å². The number of rotatable bonds is 5. The van der Waals surface area contributed by atoms with E-state index in [2.05, 4.69) is 5.32 Å². The Morgan fingerprint density at radius 2 is 2.26 bits per heavy atom.